The Morgan fingerprint density at radius 2 is 2.19 bits per heavy atom. The molecule has 2 N–H and O–H groups in total. The van der Waals surface area contributed by atoms with E-state index in [-0.39, 0.29) is 18.4 Å². The summed E-state index contributed by atoms with van der Waals surface area (Å²) in [5.41, 5.74) is 0. The predicted octanol–water partition coefficient (Wildman–Crippen LogP) is 0.452. The molecule has 5 nitrogen and oxygen atoms in total. The molecule has 0 aromatic carbocycles. The number of amides is 1. The number of carboxylic acids is 1. The van der Waals surface area contributed by atoms with Gasteiger partial charge in [0.15, 0.2) is 0 Å². The van der Waals surface area contributed by atoms with Crippen LogP contribution in [-0.2, 0) is 9.59 Å². The van der Waals surface area contributed by atoms with Crippen LogP contribution in [-0.4, -0.2) is 48.1 Å². The fraction of sp³-hybridized carbons (Fsp3) is 0.818. The second-order valence-electron chi connectivity index (χ2n) is 4.21. The van der Waals surface area contributed by atoms with E-state index in [4.69, 9.17) is 5.11 Å². The van der Waals surface area contributed by atoms with E-state index >= 15 is 0 Å². The summed E-state index contributed by atoms with van der Waals surface area (Å²) in [6.07, 6.45) is 3.86. The third-order valence-electron chi connectivity index (χ3n) is 3.06. The van der Waals surface area contributed by atoms with E-state index < -0.39 is 5.97 Å². The van der Waals surface area contributed by atoms with Crippen molar-refractivity contribution in [2.45, 2.75) is 38.1 Å². The molecule has 92 valence electrons. The molecule has 1 fully saturated rings. The molecule has 0 saturated carbocycles. The van der Waals surface area contributed by atoms with Crippen molar-refractivity contribution in [1.82, 2.24) is 10.2 Å². The number of rotatable bonds is 5. The molecule has 1 atom stereocenters. The Hall–Kier alpha value is -1.10. The van der Waals surface area contributed by atoms with E-state index in [9.17, 15) is 9.59 Å². The molecule has 0 aromatic heterocycles. The normalized spacial score (nSPS) is 21.7. The van der Waals surface area contributed by atoms with Gasteiger partial charge < -0.3 is 10.4 Å². The maximum Gasteiger partial charge on any atom is 0.304 e. The fourth-order valence-electron chi connectivity index (χ4n) is 2.14. The molecule has 0 radical (unpaired) electrons. The summed E-state index contributed by atoms with van der Waals surface area (Å²) in [7, 11) is 1.63. The van der Waals surface area contributed by atoms with Crippen molar-refractivity contribution in [2.24, 2.45) is 0 Å². The highest BCUT2D eigenvalue weighted by molar-refractivity contribution is 5.76. The highest BCUT2D eigenvalue weighted by Crippen LogP contribution is 2.19. The van der Waals surface area contributed by atoms with Crippen LogP contribution in [0.15, 0.2) is 0 Å². The number of nitrogens with zero attached hydrogens (tertiary/aromatic N) is 1. The van der Waals surface area contributed by atoms with Crippen LogP contribution in [0.3, 0.4) is 0 Å². The zero-order chi connectivity index (χ0) is 12.0. The minimum absolute atomic E-state index is 0.0345. The summed E-state index contributed by atoms with van der Waals surface area (Å²) in [6.45, 7) is 1.46. The average Bonchev–Trinajstić information content (AvgIpc) is 2.27. The first kappa shape index (κ1) is 13.0. The highest BCUT2D eigenvalue weighted by Gasteiger charge is 2.24. The lowest BCUT2D eigenvalue weighted by Crippen LogP contribution is -2.43. The van der Waals surface area contributed by atoms with Crippen LogP contribution in [0.2, 0.25) is 0 Å². The van der Waals surface area contributed by atoms with E-state index in [0.29, 0.717) is 13.0 Å². The van der Waals surface area contributed by atoms with Crippen LogP contribution in [0.4, 0.5) is 0 Å². The molecular formula is C11H20N2O3. The molecule has 1 amide bonds. The summed E-state index contributed by atoms with van der Waals surface area (Å²) < 4.78 is 0. The predicted molar refractivity (Wildman–Crippen MR) is 60.1 cm³/mol. The van der Waals surface area contributed by atoms with Crippen LogP contribution >= 0.6 is 0 Å². The Balaban J connectivity index is 2.43. The van der Waals surface area contributed by atoms with Gasteiger partial charge in [-0.1, -0.05) is 6.42 Å². The molecule has 0 unspecified atom stereocenters. The molecule has 0 spiro atoms. The molecule has 1 aliphatic heterocycles. The SMILES string of the molecule is CNC(=O)C[C@H]1CCCCN1CCC(=O)O. The van der Waals surface area contributed by atoms with E-state index in [1.165, 1.54) is 0 Å². The second-order valence-corrected chi connectivity index (χ2v) is 4.21. The van der Waals surface area contributed by atoms with E-state index in [2.05, 4.69) is 10.2 Å². The quantitative estimate of drug-likeness (QED) is 0.717. The van der Waals surface area contributed by atoms with Gasteiger partial charge >= 0.3 is 5.97 Å². The number of nitrogens with one attached hydrogen (secondary N) is 1. The van der Waals surface area contributed by atoms with Crippen LogP contribution in [0.25, 0.3) is 0 Å². The fourth-order valence-corrected chi connectivity index (χ4v) is 2.14. The van der Waals surface area contributed by atoms with Gasteiger partial charge in [0.25, 0.3) is 0 Å². The summed E-state index contributed by atoms with van der Waals surface area (Å²) >= 11 is 0. The van der Waals surface area contributed by atoms with Gasteiger partial charge in [-0.15, -0.1) is 0 Å². The lowest BCUT2D eigenvalue weighted by molar-refractivity contribution is -0.137. The number of hydrogen-bond donors (Lipinski definition) is 2. The van der Waals surface area contributed by atoms with Gasteiger partial charge in [0, 0.05) is 26.1 Å². The largest absolute Gasteiger partial charge is 0.481 e. The number of likely N-dealkylation sites (tertiary alicyclic amines) is 1. The number of hydrogen-bond acceptors (Lipinski definition) is 3. The van der Waals surface area contributed by atoms with Crippen molar-refractivity contribution in [1.29, 1.82) is 0 Å². The molecule has 1 aliphatic rings. The molecule has 1 heterocycles. The minimum atomic E-state index is -0.774. The number of piperidine rings is 1. The first-order valence-electron chi connectivity index (χ1n) is 5.80. The van der Waals surface area contributed by atoms with Crippen molar-refractivity contribution >= 4 is 11.9 Å². The Labute approximate surface area is 95.8 Å². The van der Waals surface area contributed by atoms with Crippen LogP contribution in [0.5, 0.6) is 0 Å². The van der Waals surface area contributed by atoms with E-state index in [1.54, 1.807) is 7.05 Å². The summed E-state index contributed by atoms with van der Waals surface area (Å²) in [5.74, 6) is -0.739. The third-order valence-corrected chi connectivity index (χ3v) is 3.06. The monoisotopic (exact) mass is 228 g/mol. The second kappa shape index (κ2) is 6.48. The van der Waals surface area contributed by atoms with Gasteiger partial charge in [0.2, 0.25) is 5.91 Å². The number of aliphatic carboxylic acids is 1. The molecule has 0 bridgehead atoms. The van der Waals surface area contributed by atoms with Gasteiger partial charge in [-0.3, -0.25) is 14.5 Å². The first-order chi connectivity index (χ1) is 7.63. The Morgan fingerprint density at radius 3 is 2.81 bits per heavy atom. The standard InChI is InChI=1S/C11H20N2O3/c1-12-10(14)8-9-4-2-3-6-13(9)7-5-11(15)16/h9H,2-8H2,1H3,(H,12,14)(H,15,16)/t9-/m1/s1. The molecule has 16 heavy (non-hydrogen) atoms. The molecule has 0 aliphatic carbocycles. The molecule has 5 heteroatoms. The molecule has 0 aromatic rings. The summed E-state index contributed by atoms with van der Waals surface area (Å²) in [5, 5.41) is 11.3. The molecular weight excluding hydrogens is 208 g/mol. The van der Waals surface area contributed by atoms with Crippen molar-refractivity contribution in [3.8, 4) is 0 Å². The minimum Gasteiger partial charge on any atom is -0.481 e. The van der Waals surface area contributed by atoms with E-state index in [1.807, 2.05) is 0 Å². The lowest BCUT2D eigenvalue weighted by atomic mass is 9.99. The lowest BCUT2D eigenvalue weighted by Gasteiger charge is -2.34. The Morgan fingerprint density at radius 1 is 1.44 bits per heavy atom. The number of carboxylic acid groups (broad SMARTS) is 1. The highest BCUT2D eigenvalue weighted by atomic mass is 16.4. The number of carbonyl (C=O) groups is 2. The van der Waals surface area contributed by atoms with Gasteiger partial charge in [-0.05, 0) is 19.4 Å². The van der Waals surface area contributed by atoms with Crippen molar-refractivity contribution < 1.29 is 14.7 Å². The van der Waals surface area contributed by atoms with Crippen LogP contribution in [0.1, 0.15) is 32.1 Å². The van der Waals surface area contributed by atoms with Crippen molar-refractivity contribution in [2.75, 3.05) is 20.1 Å². The van der Waals surface area contributed by atoms with Crippen LogP contribution < -0.4 is 5.32 Å². The number of carbonyl (C=O) groups excluding carboxylic acids is 1. The topological polar surface area (TPSA) is 69.6 Å². The smallest absolute Gasteiger partial charge is 0.304 e. The maximum absolute atomic E-state index is 11.3. The maximum atomic E-state index is 11.3. The first-order valence-corrected chi connectivity index (χ1v) is 5.80. The van der Waals surface area contributed by atoms with Crippen molar-refractivity contribution in [3.05, 3.63) is 0 Å². The molecule has 1 rings (SSSR count). The van der Waals surface area contributed by atoms with Crippen molar-refractivity contribution in [3.63, 3.8) is 0 Å². The Kier molecular flexibility index (Phi) is 5.25. The van der Waals surface area contributed by atoms with Gasteiger partial charge in [0.05, 0.1) is 6.42 Å². The zero-order valence-corrected chi connectivity index (χ0v) is 9.74. The van der Waals surface area contributed by atoms with Gasteiger partial charge in [-0.25, -0.2) is 0 Å². The summed E-state index contributed by atoms with van der Waals surface area (Å²) in [6, 6.07) is 0.216. The molecule has 1 saturated heterocycles. The van der Waals surface area contributed by atoms with Gasteiger partial charge in [-0.2, -0.15) is 0 Å². The summed E-state index contributed by atoms with van der Waals surface area (Å²) in [4.78, 5) is 24.0. The average molecular weight is 228 g/mol. The van der Waals surface area contributed by atoms with E-state index in [0.717, 1.165) is 25.8 Å². The Bertz CT molecular complexity index is 256. The van der Waals surface area contributed by atoms with Gasteiger partial charge in [0.1, 0.15) is 0 Å². The van der Waals surface area contributed by atoms with Crippen LogP contribution in [0, 0.1) is 0 Å². The third kappa shape index (κ3) is 4.18. The zero-order valence-electron chi connectivity index (χ0n) is 9.74.